The van der Waals surface area contributed by atoms with E-state index in [1.807, 2.05) is 42.5 Å². The van der Waals surface area contributed by atoms with Crippen LogP contribution in [-0.2, 0) is 0 Å². The van der Waals surface area contributed by atoms with E-state index in [2.05, 4.69) is 4.99 Å². The van der Waals surface area contributed by atoms with E-state index in [-0.39, 0.29) is 18.4 Å². The fraction of sp³-hybridized carbons (Fsp3) is 0.167. The van der Waals surface area contributed by atoms with Gasteiger partial charge in [-0.05, 0) is 12.1 Å². The van der Waals surface area contributed by atoms with Gasteiger partial charge in [-0.3, -0.25) is 19.6 Å². The second kappa shape index (κ2) is 5.35. The average molecular weight is 305 g/mol. The molecule has 0 N–H and O–H groups in total. The van der Waals surface area contributed by atoms with Crippen molar-refractivity contribution in [2.24, 2.45) is 4.99 Å². The van der Waals surface area contributed by atoms with Crippen molar-refractivity contribution in [3.8, 4) is 0 Å². The van der Waals surface area contributed by atoms with Gasteiger partial charge in [-0.15, -0.1) is 0 Å². The summed E-state index contributed by atoms with van der Waals surface area (Å²) in [6.07, 6.45) is 0. The van der Waals surface area contributed by atoms with Crippen LogP contribution in [-0.4, -0.2) is 42.2 Å². The lowest BCUT2D eigenvalue weighted by molar-refractivity contribution is 0.0998. The molecule has 2 amide bonds. The maximum atomic E-state index is 12.8. The molecule has 0 aliphatic carbocycles. The summed E-state index contributed by atoms with van der Waals surface area (Å²) in [5.74, 6) is 0.641. The molecule has 0 atom stereocenters. The van der Waals surface area contributed by atoms with Crippen LogP contribution in [0.3, 0.4) is 0 Å². The normalized spacial score (nSPS) is 16.0. The Morgan fingerprint density at radius 3 is 2.61 bits per heavy atom. The predicted octanol–water partition coefficient (Wildman–Crippen LogP) is 2.57. The van der Waals surface area contributed by atoms with E-state index in [1.165, 1.54) is 0 Å². The number of carbonyl (C=O) groups is 2. The second-order valence-electron chi connectivity index (χ2n) is 5.53. The van der Waals surface area contributed by atoms with Gasteiger partial charge in [-0.25, -0.2) is 4.79 Å². The highest BCUT2D eigenvalue weighted by Crippen LogP contribution is 2.30. The van der Waals surface area contributed by atoms with Gasteiger partial charge in [-0.1, -0.05) is 42.5 Å². The van der Waals surface area contributed by atoms with Crippen molar-refractivity contribution in [2.45, 2.75) is 0 Å². The first-order chi connectivity index (χ1) is 11.3. The molecule has 2 aliphatic rings. The van der Waals surface area contributed by atoms with Crippen LogP contribution in [0, 0.1) is 0 Å². The van der Waals surface area contributed by atoms with Crippen molar-refractivity contribution in [1.82, 2.24) is 4.90 Å². The van der Waals surface area contributed by atoms with E-state index in [9.17, 15) is 9.59 Å². The molecule has 2 heterocycles. The van der Waals surface area contributed by atoms with E-state index >= 15 is 0 Å². The molecule has 0 fully saturated rings. The predicted molar refractivity (Wildman–Crippen MR) is 88.1 cm³/mol. The van der Waals surface area contributed by atoms with Gasteiger partial charge in [0.25, 0.3) is 0 Å². The molecule has 0 bridgehead atoms. The highest BCUT2D eigenvalue weighted by atomic mass is 16.2. The first-order valence-corrected chi connectivity index (χ1v) is 7.57. The molecule has 0 unspecified atom stereocenters. The van der Waals surface area contributed by atoms with Gasteiger partial charge in [0.2, 0.25) is 0 Å². The Morgan fingerprint density at radius 1 is 1.04 bits per heavy atom. The molecule has 2 aliphatic heterocycles. The number of hydrogen-bond acceptors (Lipinski definition) is 3. The van der Waals surface area contributed by atoms with Crippen molar-refractivity contribution in [3.63, 3.8) is 0 Å². The van der Waals surface area contributed by atoms with Crippen LogP contribution in [0.2, 0.25) is 0 Å². The number of benzene rings is 2. The van der Waals surface area contributed by atoms with Gasteiger partial charge in [0.05, 0.1) is 18.8 Å². The van der Waals surface area contributed by atoms with Gasteiger partial charge in [0.1, 0.15) is 5.84 Å². The maximum Gasteiger partial charge on any atom is 0.330 e. The van der Waals surface area contributed by atoms with Gasteiger partial charge in [-0.2, -0.15) is 0 Å². The summed E-state index contributed by atoms with van der Waals surface area (Å²) in [7, 11) is 0. The molecule has 23 heavy (non-hydrogen) atoms. The topological polar surface area (TPSA) is 53.0 Å². The lowest BCUT2D eigenvalue weighted by atomic mass is 10.1. The molecule has 5 heteroatoms. The van der Waals surface area contributed by atoms with E-state index in [4.69, 9.17) is 0 Å². The minimum Gasteiger partial charge on any atom is -0.292 e. The summed E-state index contributed by atoms with van der Waals surface area (Å²) in [6.45, 7) is 1.21. The number of ketones is 1. The lowest BCUT2D eigenvalue weighted by Crippen LogP contribution is -2.51. The van der Waals surface area contributed by atoms with Crippen molar-refractivity contribution in [3.05, 3.63) is 65.7 Å². The number of nitrogens with zero attached hydrogens (tertiary/aromatic N) is 3. The number of carbonyl (C=O) groups excluding carboxylic acids is 2. The number of urea groups is 1. The number of hydrogen-bond donors (Lipinski definition) is 0. The third kappa shape index (κ3) is 2.21. The van der Waals surface area contributed by atoms with Gasteiger partial charge in [0, 0.05) is 17.7 Å². The average Bonchev–Trinajstić information content (AvgIpc) is 3.09. The van der Waals surface area contributed by atoms with Crippen LogP contribution in [0.5, 0.6) is 0 Å². The van der Waals surface area contributed by atoms with E-state index in [0.717, 1.165) is 11.3 Å². The van der Waals surface area contributed by atoms with Gasteiger partial charge >= 0.3 is 6.03 Å². The SMILES string of the molecule is O=C(CN1C(=O)N2CCN=C2c2ccccc21)c1ccccc1. The number of amidine groups is 1. The summed E-state index contributed by atoms with van der Waals surface area (Å²) >= 11 is 0. The molecular weight excluding hydrogens is 290 g/mol. The molecule has 114 valence electrons. The summed E-state index contributed by atoms with van der Waals surface area (Å²) in [4.78, 5) is 32.9. The molecule has 2 aromatic rings. The Kier molecular flexibility index (Phi) is 3.19. The Bertz CT molecular complexity index is 814. The Hall–Kier alpha value is -2.95. The van der Waals surface area contributed by atoms with Crippen molar-refractivity contribution in [2.75, 3.05) is 24.5 Å². The third-order valence-electron chi connectivity index (χ3n) is 4.14. The fourth-order valence-corrected chi connectivity index (χ4v) is 3.02. The Morgan fingerprint density at radius 2 is 1.78 bits per heavy atom. The van der Waals surface area contributed by atoms with E-state index < -0.39 is 0 Å². The number of Topliss-reactive ketones (excluding diaryl/α,β-unsaturated/α-hetero) is 1. The highest BCUT2D eigenvalue weighted by Gasteiger charge is 2.37. The second-order valence-corrected chi connectivity index (χ2v) is 5.53. The molecule has 0 radical (unpaired) electrons. The van der Waals surface area contributed by atoms with E-state index in [1.54, 1.807) is 21.9 Å². The number of aliphatic imine (C=N–C) groups is 1. The zero-order valence-electron chi connectivity index (χ0n) is 12.5. The summed E-state index contributed by atoms with van der Waals surface area (Å²) in [5, 5.41) is 0. The standard InChI is InChI=1S/C18H15N3O2/c22-16(13-6-2-1-3-7-13)12-21-15-9-5-4-8-14(15)17-19-10-11-20(17)18(21)23/h1-9H,10-12H2. The first-order valence-electron chi connectivity index (χ1n) is 7.57. The minimum atomic E-state index is -0.177. The van der Waals surface area contributed by atoms with Crippen LogP contribution < -0.4 is 4.90 Å². The number of fused-ring (bicyclic) bond motifs is 3. The molecule has 5 nitrogen and oxygen atoms in total. The molecule has 0 saturated carbocycles. The zero-order chi connectivity index (χ0) is 15.8. The summed E-state index contributed by atoms with van der Waals surface area (Å²) in [6, 6.07) is 16.5. The van der Waals surface area contributed by atoms with Crippen LogP contribution in [0.15, 0.2) is 59.6 Å². The van der Waals surface area contributed by atoms with E-state index in [0.29, 0.717) is 24.5 Å². The zero-order valence-corrected chi connectivity index (χ0v) is 12.5. The summed E-state index contributed by atoms with van der Waals surface area (Å²) in [5.41, 5.74) is 2.27. The lowest BCUT2D eigenvalue weighted by Gasteiger charge is -2.34. The quantitative estimate of drug-likeness (QED) is 0.818. The largest absolute Gasteiger partial charge is 0.330 e. The van der Waals surface area contributed by atoms with Gasteiger partial charge in [0.15, 0.2) is 5.78 Å². The Balaban J connectivity index is 1.71. The molecule has 4 rings (SSSR count). The monoisotopic (exact) mass is 305 g/mol. The van der Waals surface area contributed by atoms with Crippen LogP contribution >= 0.6 is 0 Å². The number of para-hydroxylation sites is 1. The van der Waals surface area contributed by atoms with Crippen molar-refractivity contribution in [1.29, 1.82) is 0 Å². The third-order valence-corrected chi connectivity index (χ3v) is 4.14. The van der Waals surface area contributed by atoms with Crippen LogP contribution in [0.1, 0.15) is 15.9 Å². The number of anilines is 1. The van der Waals surface area contributed by atoms with Crippen LogP contribution in [0.4, 0.5) is 10.5 Å². The number of rotatable bonds is 3. The molecule has 0 spiro atoms. The fourth-order valence-electron chi connectivity index (χ4n) is 3.02. The molecule has 0 saturated heterocycles. The van der Waals surface area contributed by atoms with Crippen molar-refractivity contribution < 1.29 is 9.59 Å². The molecule has 0 aromatic heterocycles. The Labute approximate surface area is 133 Å². The smallest absolute Gasteiger partial charge is 0.292 e. The first kappa shape index (κ1) is 13.7. The van der Waals surface area contributed by atoms with Crippen molar-refractivity contribution >= 4 is 23.3 Å². The number of amides is 2. The minimum absolute atomic E-state index is 0.0314. The molecular formula is C18H15N3O2. The maximum absolute atomic E-state index is 12.8. The molecule has 2 aromatic carbocycles. The van der Waals surface area contributed by atoms with Gasteiger partial charge < -0.3 is 0 Å². The summed E-state index contributed by atoms with van der Waals surface area (Å²) < 4.78 is 0. The highest BCUT2D eigenvalue weighted by molar-refractivity contribution is 6.21. The van der Waals surface area contributed by atoms with Crippen LogP contribution in [0.25, 0.3) is 0 Å².